The summed E-state index contributed by atoms with van der Waals surface area (Å²) >= 11 is 0. The lowest BCUT2D eigenvalue weighted by atomic mass is 9.77. The van der Waals surface area contributed by atoms with E-state index < -0.39 is 0 Å². The molecule has 0 aliphatic heterocycles. The van der Waals surface area contributed by atoms with Crippen LogP contribution in [0.3, 0.4) is 0 Å². The second-order valence-corrected chi connectivity index (χ2v) is 8.30. The first-order chi connectivity index (χ1) is 12.3. The maximum absolute atomic E-state index is 3.78. The van der Waals surface area contributed by atoms with E-state index in [0.29, 0.717) is 0 Å². The minimum absolute atomic E-state index is 0.751. The monoisotopic (exact) mass is 339 g/mol. The first-order valence-corrected chi connectivity index (χ1v) is 10.9. The van der Waals surface area contributed by atoms with Crippen LogP contribution in [0.5, 0.6) is 0 Å². The van der Waals surface area contributed by atoms with Crippen molar-refractivity contribution < 1.29 is 0 Å². The van der Waals surface area contributed by atoms with Crippen molar-refractivity contribution in [3.8, 4) is 0 Å². The molecule has 1 heterocycles. The Morgan fingerprint density at radius 2 is 1.72 bits per heavy atom. The minimum Gasteiger partial charge on any atom is -0.358 e. The Bertz CT molecular complexity index is 639. The number of nitrogens with one attached hydrogen (secondary N) is 1. The van der Waals surface area contributed by atoms with Crippen LogP contribution < -0.4 is 0 Å². The van der Waals surface area contributed by atoms with Gasteiger partial charge in [0.2, 0.25) is 0 Å². The minimum atomic E-state index is 0.751. The fourth-order valence-corrected chi connectivity index (χ4v) is 4.82. The average molecular weight is 340 g/mol. The van der Waals surface area contributed by atoms with E-state index in [1.54, 1.807) is 11.3 Å². The van der Waals surface area contributed by atoms with E-state index in [-0.39, 0.29) is 0 Å². The van der Waals surface area contributed by atoms with E-state index in [1.165, 1.54) is 88.0 Å². The molecule has 1 aromatic carbocycles. The number of benzene rings is 1. The fraction of sp³-hybridized carbons (Fsp3) is 0.667. The smallest absolute Gasteiger partial charge is 0.0459 e. The highest BCUT2D eigenvalue weighted by molar-refractivity contribution is 5.85. The summed E-state index contributed by atoms with van der Waals surface area (Å²) in [6.45, 7) is 4.79. The number of rotatable bonds is 10. The summed E-state index contributed by atoms with van der Waals surface area (Å²) < 4.78 is 0. The van der Waals surface area contributed by atoms with Crippen molar-refractivity contribution in [1.82, 2.24) is 4.98 Å². The Kier molecular flexibility index (Phi) is 7.02. The molecule has 0 fully saturated rings. The molecular formula is C24H37N. The molecule has 0 bridgehead atoms. The summed E-state index contributed by atoms with van der Waals surface area (Å²) in [6.07, 6.45) is 16.8. The molecule has 138 valence electrons. The van der Waals surface area contributed by atoms with Crippen LogP contribution in [0.2, 0.25) is 0 Å². The number of hydrogen-bond donors (Lipinski definition) is 1. The van der Waals surface area contributed by atoms with Crippen LogP contribution >= 0.6 is 0 Å². The third-order valence-electron chi connectivity index (χ3n) is 6.36. The Balaban J connectivity index is 1.48. The quantitative estimate of drug-likeness (QED) is 0.426. The van der Waals surface area contributed by atoms with Crippen molar-refractivity contribution in [1.29, 1.82) is 0 Å². The zero-order chi connectivity index (χ0) is 17.5. The van der Waals surface area contributed by atoms with Crippen molar-refractivity contribution in [3.05, 3.63) is 35.5 Å². The van der Waals surface area contributed by atoms with E-state index in [0.717, 1.165) is 11.8 Å². The van der Waals surface area contributed by atoms with Crippen LogP contribution in [0.25, 0.3) is 10.9 Å². The standard InChI is InChI=1S/C24H37N/c1-3-4-5-6-7-8-9-10-14-19(2)20-16-13-17-22-21-15-11-12-18-23(21)25-24(20)22/h11-12,15,18-20,25H,3-10,13-14,16-17H2,1-2H3. The normalized spacial score (nSPS) is 18.4. The van der Waals surface area contributed by atoms with Gasteiger partial charge in [0.25, 0.3) is 0 Å². The number of H-pyrrole nitrogens is 1. The van der Waals surface area contributed by atoms with Gasteiger partial charge in [-0.2, -0.15) is 0 Å². The fourth-order valence-electron chi connectivity index (χ4n) is 4.82. The summed E-state index contributed by atoms with van der Waals surface area (Å²) in [5.74, 6) is 1.56. The molecular weight excluding hydrogens is 302 g/mol. The highest BCUT2D eigenvalue weighted by atomic mass is 14.7. The third kappa shape index (κ3) is 4.68. The molecule has 0 spiro atoms. The van der Waals surface area contributed by atoms with Gasteiger partial charge < -0.3 is 4.98 Å². The Labute approximate surface area is 154 Å². The number of unbranched alkanes of at least 4 members (excludes halogenated alkanes) is 7. The van der Waals surface area contributed by atoms with E-state index in [4.69, 9.17) is 0 Å². The van der Waals surface area contributed by atoms with Crippen LogP contribution in [-0.4, -0.2) is 4.98 Å². The first kappa shape index (κ1) is 18.5. The number of fused-ring (bicyclic) bond motifs is 3. The molecule has 25 heavy (non-hydrogen) atoms. The summed E-state index contributed by atoms with van der Waals surface area (Å²) in [4.78, 5) is 3.78. The summed E-state index contributed by atoms with van der Waals surface area (Å²) in [7, 11) is 0. The lowest BCUT2D eigenvalue weighted by Crippen LogP contribution is -2.16. The molecule has 1 aliphatic carbocycles. The summed E-state index contributed by atoms with van der Waals surface area (Å²) in [5, 5.41) is 1.47. The van der Waals surface area contributed by atoms with Crippen molar-refractivity contribution in [2.45, 2.75) is 96.8 Å². The number of aromatic amines is 1. The number of aryl methyl sites for hydroxylation is 1. The Hall–Kier alpha value is -1.24. The molecule has 2 unspecified atom stereocenters. The van der Waals surface area contributed by atoms with Gasteiger partial charge in [-0.1, -0.05) is 89.8 Å². The molecule has 1 N–H and O–H groups in total. The Morgan fingerprint density at radius 1 is 1.00 bits per heavy atom. The number of aromatic nitrogens is 1. The van der Waals surface area contributed by atoms with Crippen molar-refractivity contribution >= 4 is 10.9 Å². The second kappa shape index (κ2) is 9.46. The molecule has 0 radical (unpaired) electrons. The highest BCUT2D eigenvalue weighted by Crippen LogP contribution is 2.41. The van der Waals surface area contributed by atoms with Crippen LogP contribution in [0.15, 0.2) is 24.3 Å². The lowest BCUT2D eigenvalue weighted by Gasteiger charge is -2.28. The van der Waals surface area contributed by atoms with Gasteiger partial charge >= 0.3 is 0 Å². The average Bonchev–Trinajstić information content (AvgIpc) is 3.02. The topological polar surface area (TPSA) is 15.8 Å². The van der Waals surface area contributed by atoms with Gasteiger partial charge in [-0.3, -0.25) is 0 Å². The van der Waals surface area contributed by atoms with Gasteiger partial charge in [0.05, 0.1) is 0 Å². The van der Waals surface area contributed by atoms with Gasteiger partial charge in [-0.05, 0) is 36.8 Å². The molecule has 0 saturated heterocycles. The zero-order valence-electron chi connectivity index (χ0n) is 16.4. The predicted molar refractivity (Wildman–Crippen MR) is 110 cm³/mol. The van der Waals surface area contributed by atoms with Crippen LogP contribution in [0, 0.1) is 5.92 Å². The van der Waals surface area contributed by atoms with Crippen molar-refractivity contribution in [3.63, 3.8) is 0 Å². The second-order valence-electron chi connectivity index (χ2n) is 8.30. The Morgan fingerprint density at radius 3 is 2.52 bits per heavy atom. The van der Waals surface area contributed by atoms with Crippen molar-refractivity contribution in [2.75, 3.05) is 0 Å². The zero-order valence-corrected chi connectivity index (χ0v) is 16.4. The molecule has 1 aromatic heterocycles. The predicted octanol–water partition coefficient (Wildman–Crippen LogP) is 7.75. The SMILES string of the molecule is CCCCCCCCCCC(C)C1CCCc2c1[nH]c1ccccc21. The summed E-state index contributed by atoms with van der Waals surface area (Å²) in [5.41, 5.74) is 4.54. The van der Waals surface area contributed by atoms with E-state index in [1.807, 2.05) is 0 Å². The van der Waals surface area contributed by atoms with Gasteiger partial charge in [-0.15, -0.1) is 0 Å². The molecule has 1 nitrogen and oxygen atoms in total. The van der Waals surface area contributed by atoms with E-state index in [9.17, 15) is 0 Å². The van der Waals surface area contributed by atoms with Gasteiger partial charge in [0, 0.05) is 22.5 Å². The lowest BCUT2D eigenvalue weighted by molar-refractivity contribution is 0.365. The molecule has 1 aliphatic rings. The molecule has 3 rings (SSSR count). The largest absolute Gasteiger partial charge is 0.358 e. The molecule has 2 aromatic rings. The molecule has 0 amide bonds. The molecule has 1 heteroatoms. The van der Waals surface area contributed by atoms with Crippen LogP contribution in [-0.2, 0) is 6.42 Å². The van der Waals surface area contributed by atoms with E-state index >= 15 is 0 Å². The maximum Gasteiger partial charge on any atom is 0.0459 e. The van der Waals surface area contributed by atoms with Crippen LogP contribution in [0.4, 0.5) is 0 Å². The van der Waals surface area contributed by atoms with Gasteiger partial charge in [0.1, 0.15) is 0 Å². The van der Waals surface area contributed by atoms with E-state index in [2.05, 4.69) is 43.1 Å². The first-order valence-electron chi connectivity index (χ1n) is 10.9. The molecule has 0 saturated carbocycles. The van der Waals surface area contributed by atoms with Gasteiger partial charge in [0.15, 0.2) is 0 Å². The maximum atomic E-state index is 3.78. The van der Waals surface area contributed by atoms with Crippen LogP contribution in [0.1, 0.15) is 102 Å². The summed E-state index contributed by atoms with van der Waals surface area (Å²) in [6, 6.07) is 8.89. The third-order valence-corrected chi connectivity index (χ3v) is 6.36. The molecule has 2 atom stereocenters. The van der Waals surface area contributed by atoms with Gasteiger partial charge in [-0.25, -0.2) is 0 Å². The number of hydrogen-bond acceptors (Lipinski definition) is 0. The number of para-hydroxylation sites is 1. The highest BCUT2D eigenvalue weighted by Gasteiger charge is 2.27. The van der Waals surface area contributed by atoms with Crippen molar-refractivity contribution in [2.24, 2.45) is 5.92 Å².